The molecular weight excluding hydrogens is 429 g/mol. The quantitative estimate of drug-likeness (QED) is 0.617. The van der Waals surface area contributed by atoms with Crippen molar-refractivity contribution >= 4 is 11.6 Å². The first-order valence-electron chi connectivity index (χ1n) is 10.4. The van der Waals surface area contributed by atoms with Gasteiger partial charge in [0.25, 0.3) is 12.3 Å². The predicted molar refractivity (Wildman–Crippen MR) is 110 cm³/mol. The largest absolute Gasteiger partial charge is 0.430 e. The molecule has 32 heavy (non-hydrogen) atoms. The number of hydrogen-bond donors (Lipinski definition) is 2. The molecule has 170 valence electrons. The van der Waals surface area contributed by atoms with Crippen LogP contribution < -0.4 is 10.6 Å². The number of amides is 1. The first-order chi connectivity index (χ1) is 15.2. The number of halogens is 5. The zero-order chi connectivity index (χ0) is 22.9. The van der Waals surface area contributed by atoms with E-state index in [2.05, 4.69) is 10.6 Å². The third-order valence-electron chi connectivity index (χ3n) is 5.90. The Kier molecular flexibility index (Phi) is 6.17. The molecule has 1 unspecified atom stereocenters. The van der Waals surface area contributed by atoms with Crippen LogP contribution in [-0.4, -0.2) is 29.9 Å². The molecule has 1 atom stereocenters. The second-order valence-corrected chi connectivity index (χ2v) is 8.12. The van der Waals surface area contributed by atoms with E-state index in [1.54, 1.807) is 18.2 Å². The van der Waals surface area contributed by atoms with E-state index >= 15 is 0 Å². The van der Waals surface area contributed by atoms with Crippen LogP contribution in [0.15, 0.2) is 65.0 Å². The van der Waals surface area contributed by atoms with Gasteiger partial charge in [-0.05, 0) is 56.0 Å². The van der Waals surface area contributed by atoms with Crippen molar-refractivity contribution in [3.05, 3.63) is 71.1 Å². The lowest BCUT2D eigenvalue weighted by Crippen LogP contribution is -2.38. The highest BCUT2D eigenvalue weighted by atomic mass is 19.4. The lowest BCUT2D eigenvalue weighted by molar-refractivity contribution is -0.0950. The number of alkyl halides is 5. The van der Waals surface area contributed by atoms with Crippen LogP contribution in [0.4, 0.5) is 22.0 Å². The molecule has 0 radical (unpaired) electrons. The molecule has 1 fully saturated rings. The van der Waals surface area contributed by atoms with Crippen LogP contribution in [-0.2, 0) is 0 Å². The van der Waals surface area contributed by atoms with Gasteiger partial charge in [-0.2, -0.15) is 13.2 Å². The molecule has 4 rings (SSSR count). The third kappa shape index (κ3) is 4.92. The molecule has 3 aliphatic rings. The zero-order valence-electron chi connectivity index (χ0n) is 17.0. The second-order valence-electron chi connectivity index (χ2n) is 8.12. The lowest BCUT2D eigenvalue weighted by Gasteiger charge is -2.28. The van der Waals surface area contributed by atoms with Crippen LogP contribution in [0.25, 0.3) is 0 Å². The third-order valence-corrected chi connectivity index (χ3v) is 5.90. The van der Waals surface area contributed by atoms with Crippen LogP contribution >= 0.6 is 0 Å². The zero-order valence-corrected chi connectivity index (χ0v) is 17.0. The lowest BCUT2D eigenvalue weighted by atomic mass is 9.90. The number of allylic oxidation sites excluding steroid dienone is 5. The van der Waals surface area contributed by atoms with E-state index in [9.17, 15) is 26.7 Å². The predicted octanol–water partition coefficient (Wildman–Crippen LogP) is 5.23. The highest BCUT2D eigenvalue weighted by Gasteiger charge is 2.40. The summed E-state index contributed by atoms with van der Waals surface area (Å²) in [5, 5.41) is 5.35. The number of hydrogen-bond acceptors (Lipinski definition) is 3. The van der Waals surface area contributed by atoms with Crippen molar-refractivity contribution in [3.63, 3.8) is 0 Å². The molecule has 1 saturated carbocycles. The first-order valence-corrected chi connectivity index (χ1v) is 10.4. The van der Waals surface area contributed by atoms with Crippen LogP contribution in [0.1, 0.15) is 48.0 Å². The van der Waals surface area contributed by atoms with Crippen LogP contribution in [0.3, 0.4) is 0 Å². The number of aliphatic imine (C=N–C) groups is 1. The summed E-state index contributed by atoms with van der Waals surface area (Å²) in [4.78, 5) is 17.1. The molecule has 1 amide bonds. The van der Waals surface area contributed by atoms with Gasteiger partial charge in [-0.3, -0.25) is 9.79 Å². The van der Waals surface area contributed by atoms with E-state index in [-0.39, 0.29) is 23.6 Å². The van der Waals surface area contributed by atoms with Gasteiger partial charge in [0.2, 0.25) is 0 Å². The number of carbonyl (C=O) groups excluding carboxylic acids is 1. The number of fused-ring (bicyclic) bond motifs is 1. The summed E-state index contributed by atoms with van der Waals surface area (Å²) in [7, 11) is 0. The Morgan fingerprint density at radius 2 is 1.78 bits per heavy atom. The Balaban J connectivity index is 1.33. The maximum Gasteiger partial charge on any atom is 0.430 e. The Morgan fingerprint density at radius 3 is 2.41 bits per heavy atom. The molecule has 0 spiro atoms. The van der Waals surface area contributed by atoms with Crippen molar-refractivity contribution in [2.75, 3.05) is 0 Å². The number of nitrogens with one attached hydrogen (secondary N) is 2. The fourth-order valence-electron chi connectivity index (χ4n) is 4.17. The second kappa shape index (κ2) is 8.88. The topological polar surface area (TPSA) is 53.5 Å². The molecule has 9 heteroatoms. The van der Waals surface area contributed by atoms with E-state index in [0.717, 1.165) is 0 Å². The van der Waals surface area contributed by atoms with Gasteiger partial charge < -0.3 is 10.6 Å². The summed E-state index contributed by atoms with van der Waals surface area (Å²) in [6, 6.07) is 5.15. The first kappa shape index (κ1) is 22.2. The molecule has 1 aromatic rings. The minimum atomic E-state index is -4.43. The van der Waals surface area contributed by atoms with Gasteiger partial charge in [0.05, 0.1) is 12.0 Å². The van der Waals surface area contributed by atoms with Crippen molar-refractivity contribution in [2.45, 2.75) is 50.4 Å². The fraction of sp³-hybridized carbons (Fsp3) is 0.391. The van der Waals surface area contributed by atoms with Gasteiger partial charge in [0, 0.05) is 28.6 Å². The molecular formula is C23H22F5N3O. The average Bonchev–Trinajstić information content (AvgIpc) is 3.21. The summed E-state index contributed by atoms with van der Waals surface area (Å²) in [6.45, 7) is 0. The maximum atomic E-state index is 13.0. The van der Waals surface area contributed by atoms with Gasteiger partial charge in [0.15, 0.2) is 0 Å². The van der Waals surface area contributed by atoms with Crippen molar-refractivity contribution in [1.82, 2.24) is 10.6 Å². The van der Waals surface area contributed by atoms with E-state index in [1.807, 2.05) is 0 Å². The normalized spacial score (nSPS) is 26.4. The van der Waals surface area contributed by atoms with Gasteiger partial charge in [-0.1, -0.05) is 18.2 Å². The SMILES string of the molecule is O=C(NC1CCC(N=C2C=CC=C3NC(C(F)(F)F)=CC32)CC1)c1ccc(C(F)F)cc1. The summed E-state index contributed by atoms with van der Waals surface area (Å²) in [5.74, 6) is -0.835. The van der Waals surface area contributed by atoms with Crippen molar-refractivity contribution in [3.8, 4) is 0 Å². The Bertz CT molecular complexity index is 984. The highest BCUT2D eigenvalue weighted by Crippen LogP contribution is 2.35. The van der Waals surface area contributed by atoms with Crippen molar-refractivity contribution < 1.29 is 26.7 Å². The molecule has 1 heterocycles. The minimum absolute atomic E-state index is 0.0317. The van der Waals surface area contributed by atoms with Crippen LogP contribution in [0.5, 0.6) is 0 Å². The highest BCUT2D eigenvalue weighted by molar-refractivity contribution is 6.02. The van der Waals surface area contributed by atoms with E-state index in [0.29, 0.717) is 42.7 Å². The standard InChI is InChI=1S/C23H22F5N3O/c24-21(25)13-4-6-14(7-5-13)22(32)30-16-10-8-15(9-11-16)29-18-2-1-3-19-17(18)12-20(31-19)23(26,27)28/h1-7,12,15-17,21,31H,8-11H2,(H,30,32). The van der Waals surface area contributed by atoms with Crippen LogP contribution in [0.2, 0.25) is 0 Å². The molecule has 0 aromatic heterocycles. The van der Waals surface area contributed by atoms with Gasteiger partial charge in [0.1, 0.15) is 5.70 Å². The number of carbonyl (C=O) groups is 1. The van der Waals surface area contributed by atoms with Gasteiger partial charge in [-0.15, -0.1) is 0 Å². The number of rotatable bonds is 4. The smallest absolute Gasteiger partial charge is 0.354 e. The van der Waals surface area contributed by atoms with Crippen molar-refractivity contribution in [2.24, 2.45) is 10.9 Å². The summed E-state index contributed by atoms with van der Waals surface area (Å²) >= 11 is 0. The molecule has 1 aliphatic heterocycles. The Labute approximate surface area is 182 Å². The Morgan fingerprint density at radius 1 is 1.09 bits per heavy atom. The molecule has 2 aliphatic carbocycles. The molecule has 4 nitrogen and oxygen atoms in total. The number of benzene rings is 1. The minimum Gasteiger partial charge on any atom is -0.354 e. The monoisotopic (exact) mass is 451 g/mol. The summed E-state index contributed by atoms with van der Waals surface area (Å²) in [5.41, 5.74) is 0.492. The fourth-order valence-corrected chi connectivity index (χ4v) is 4.17. The summed E-state index contributed by atoms with van der Waals surface area (Å²) < 4.78 is 64.4. The van der Waals surface area contributed by atoms with Crippen LogP contribution in [0, 0.1) is 5.92 Å². The maximum absolute atomic E-state index is 13.0. The van der Waals surface area contributed by atoms with Gasteiger partial charge >= 0.3 is 6.18 Å². The van der Waals surface area contributed by atoms with E-state index in [1.165, 1.54) is 30.3 Å². The molecule has 1 aromatic carbocycles. The number of nitrogens with zero attached hydrogens (tertiary/aromatic N) is 1. The van der Waals surface area contributed by atoms with E-state index < -0.39 is 24.2 Å². The molecule has 0 saturated heterocycles. The molecule has 0 bridgehead atoms. The molecule has 2 N–H and O–H groups in total. The van der Waals surface area contributed by atoms with E-state index in [4.69, 9.17) is 4.99 Å². The Hall–Kier alpha value is -2.97. The average molecular weight is 451 g/mol. The summed E-state index contributed by atoms with van der Waals surface area (Å²) in [6.07, 6.45) is 1.97. The van der Waals surface area contributed by atoms with Gasteiger partial charge in [-0.25, -0.2) is 8.78 Å². The van der Waals surface area contributed by atoms with Crippen molar-refractivity contribution in [1.29, 1.82) is 0 Å².